The molecule has 140 valence electrons. The Morgan fingerprint density at radius 3 is 2.73 bits per heavy atom. The molecule has 1 aromatic carbocycles. The van der Waals surface area contributed by atoms with E-state index in [1.807, 2.05) is 30.3 Å². The molecule has 0 unspecified atom stereocenters. The van der Waals surface area contributed by atoms with Gasteiger partial charge in [-0.25, -0.2) is 0 Å². The van der Waals surface area contributed by atoms with Crippen LogP contribution in [0, 0.1) is 6.92 Å². The zero-order valence-corrected chi connectivity index (χ0v) is 16.5. The number of thiocarbonyl (C=S) groups is 1. The summed E-state index contributed by atoms with van der Waals surface area (Å²) in [5.74, 6) is 1.78. The van der Waals surface area contributed by atoms with Gasteiger partial charge < -0.3 is 24.3 Å². The summed E-state index contributed by atoms with van der Waals surface area (Å²) >= 11 is 5.79. The van der Waals surface area contributed by atoms with E-state index in [1.54, 1.807) is 13.4 Å². The van der Waals surface area contributed by atoms with Crippen LogP contribution in [0.1, 0.15) is 24.2 Å². The summed E-state index contributed by atoms with van der Waals surface area (Å²) in [6, 6.07) is 10.3. The van der Waals surface area contributed by atoms with Crippen molar-refractivity contribution < 1.29 is 9.15 Å². The van der Waals surface area contributed by atoms with Crippen LogP contribution >= 0.6 is 12.2 Å². The van der Waals surface area contributed by atoms with Gasteiger partial charge in [0.25, 0.3) is 0 Å². The summed E-state index contributed by atoms with van der Waals surface area (Å²) in [6.45, 7) is 4.91. The van der Waals surface area contributed by atoms with Crippen molar-refractivity contribution in [2.45, 2.75) is 32.4 Å². The Morgan fingerprint density at radius 1 is 1.35 bits per heavy atom. The molecule has 1 fully saturated rings. The zero-order chi connectivity index (χ0) is 18.5. The number of aryl methyl sites for hydroxylation is 1. The number of ether oxygens (including phenoxy) is 1. The molecule has 5 nitrogen and oxygen atoms in total. The number of piperidine rings is 1. The molecule has 1 aliphatic heterocycles. The largest absolute Gasteiger partial charge is 0.497 e. The van der Waals surface area contributed by atoms with Crippen molar-refractivity contribution in [1.82, 2.24) is 9.80 Å². The molecule has 1 aliphatic rings. The second kappa shape index (κ2) is 8.56. The summed E-state index contributed by atoms with van der Waals surface area (Å²) < 4.78 is 10.9. The highest BCUT2D eigenvalue weighted by Gasteiger charge is 2.26. The number of hydrogen-bond donors (Lipinski definition) is 1. The maximum absolute atomic E-state index is 5.79. The van der Waals surface area contributed by atoms with Crippen LogP contribution in [0.4, 0.5) is 5.69 Å². The van der Waals surface area contributed by atoms with Crippen LogP contribution < -0.4 is 10.1 Å². The Hall–Kier alpha value is -2.05. The zero-order valence-electron chi connectivity index (χ0n) is 15.7. The van der Waals surface area contributed by atoms with Crippen LogP contribution in [-0.4, -0.2) is 48.2 Å². The van der Waals surface area contributed by atoms with Gasteiger partial charge in [0.1, 0.15) is 11.5 Å². The normalized spacial score (nSPS) is 15.7. The molecule has 6 heteroatoms. The summed E-state index contributed by atoms with van der Waals surface area (Å²) in [4.78, 5) is 4.64. The van der Waals surface area contributed by atoms with Gasteiger partial charge in [0.2, 0.25) is 0 Å². The summed E-state index contributed by atoms with van der Waals surface area (Å²) in [5, 5.41) is 4.17. The number of nitrogens with zero attached hydrogens (tertiary/aromatic N) is 2. The molecule has 0 saturated carbocycles. The Bertz CT molecular complexity index is 725. The molecule has 2 aromatic rings. The van der Waals surface area contributed by atoms with Crippen molar-refractivity contribution in [2.75, 3.05) is 32.6 Å². The molecule has 3 rings (SSSR count). The predicted molar refractivity (Wildman–Crippen MR) is 109 cm³/mol. The van der Waals surface area contributed by atoms with Crippen LogP contribution in [0.25, 0.3) is 0 Å². The SMILES string of the molecule is COc1ccc(NC(=S)N(Cc2ccco2)C2CCN(C)CC2)c(C)c1. The van der Waals surface area contributed by atoms with E-state index in [0.717, 1.165) is 53.8 Å². The number of benzene rings is 1. The number of rotatable bonds is 5. The van der Waals surface area contributed by atoms with E-state index in [0.29, 0.717) is 12.6 Å². The molecular weight excluding hydrogens is 346 g/mol. The molecule has 0 radical (unpaired) electrons. The number of likely N-dealkylation sites (tertiary alicyclic amines) is 1. The molecular formula is C20H27N3O2S. The van der Waals surface area contributed by atoms with Crippen molar-refractivity contribution in [2.24, 2.45) is 0 Å². The van der Waals surface area contributed by atoms with Crippen LogP contribution in [0.5, 0.6) is 5.75 Å². The first-order valence-corrected chi connectivity index (χ1v) is 9.41. The molecule has 0 spiro atoms. The van der Waals surface area contributed by atoms with Gasteiger partial charge in [0, 0.05) is 11.7 Å². The smallest absolute Gasteiger partial charge is 0.174 e. The highest BCUT2D eigenvalue weighted by Crippen LogP contribution is 2.24. The lowest BCUT2D eigenvalue weighted by Gasteiger charge is -2.38. The summed E-state index contributed by atoms with van der Waals surface area (Å²) in [5.41, 5.74) is 2.11. The van der Waals surface area contributed by atoms with Crippen molar-refractivity contribution >= 4 is 23.0 Å². The fourth-order valence-corrected chi connectivity index (χ4v) is 3.66. The van der Waals surface area contributed by atoms with Gasteiger partial charge in [-0.05, 0) is 88.0 Å². The van der Waals surface area contributed by atoms with Crippen LogP contribution in [0.15, 0.2) is 41.0 Å². The van der Waals surface area contributed by atoms with E-state index >= 15 is 0 Å². The van der Waals surface area contributed by atoms with E-state index < -0.39 is 0 Å². The third kappa shape index (κ3) is 4.56. The average Bonchev–Trinajstić information content (AvgIpc) is 3.15. The van der Waals surface area contributed by atoms with Crippen molar-refractivity contribution in [1.29, 1.82) is 0 Å². The highest BCUT2D eigenvalue weighted by atomic mass is 32.1. The number of methoxy groups -OCH3 is 1. The van der Waals surface area contributed by atoms with Gasteiger partial charge in [-0.15, -0.1) is 0 Å². The van der Waals surface area contributed by atoms with Gasteiger partial charge in [0.15, 0.2) is 5.11 Å². The lowest BCUT2D eigenvalue weighted by Crippen LogP contribution is -2.47. The molecule has 1 saturated heterocycles. The maximum Gasteiger partial charge on any atom is 0.174 e. The fourth-order valence-electron chi connectivity index (χ4n) is 3.33. The second-order valence-electron chi connectivity index (χ2n) is 6.85. The van der Waals surface area contributed by atoms with Gasteiger partial charge in [0.05, 0.1) is 19.9 Å². The Balaban J connectivity index is 1.75. The number of anilines is 1. The monoisotopic (exact) mass is 373 g/mol. The quantitative estimate of drug-likeness (QED) is 0.802. The maximum atomic E-state index is 5.79. The minimum absolute atomic E-state index is 0.412. The van der Waals surface area contributed by atoms with Gasteiger partial charge in [-0.2, -0.15) is 0 Å². The molecule has 1 aromatic heterocycles. The van der Waals surface area contributed by atoms with Crippen molar-refractivity contribution in [3.63, 3.8) is 0 Å². The van der Waals surface area contributed by atoms with E-state index in [4.69, 9.17) is 21.4 Å². The fraction of sp³-hybridized carbons (Fsp3) is 0.450. The molecule has 2 heterocycles. The standard InChI is InChI=1S/C20H27N3O2S/c1-15-13-17(24-3)6-7-19(15)21-20(26)23(14-18-5-4-12-25-18)16-8-10-22(2)11-9-16/h4-7,12-13,16H,8-11,14H2,1-3H3,(H,21,26). The number of hydrogen-bond acceptors (Lipinski definition) is 4. The third-order valence-corrected chi connectivity index (χ3v) is 5.31. The minimum atomic E-state index is 0.412. The van der Waals surface area contributed by atoms with Crippen LogP contribution in [0.3, 0.4) is 0 Å². The lowest BCUT2D eigenvalue weighted by atomic mass is 10.0. The highest BCUT2D eigenvalue weighted by molar-refractivity contribution is 7.80. The van der Waals surface area contributed by atoms with E-state index in [-0.39, 0.29) is 0 Å². The molecule has 0 atom stereocenters. The van der Waals surface area contributed by atoms with E-state index in [9.17, 15) is 0 Å². The molecule has 1 N–H and O–H groups in total. The lowest BCUT2D eigenvalue weighted by molar-refractivity contribution is 0.168. The Labute approximate surface area is 160 Å². The van der Waals surface area contributed by atoms with Crippen LogP contribution in [0.2, 0.25) is 0 Å². The topological polar surface area (TPSA) is 40.9 Å². The Morgan fingerprint density at radius 2 is 2.12 bits per heavy atom. The van der Waals surface area contributed by atoms with Gasteiger partial charge in [-0.3, -0.25) is 0 Å². The van der Waals surface area contributed by atoms with Crippen LogP contribution in [-0.2, 0) is 6.54 Å². The first kappa shape index (κ1) is 18.7. The number of nitrogens with one attached hydrogen (secondary N) is 1. The predicted octanol–water partition coefficient (Wildman–Crippen LogP) is 3.89. The molecule has 0 amide bonds. The molecule has 26 heavy (non-hydrogen) atoms. The number of furan rings is 1. The Kier molecular flexibility index (Phi) is 6.16. The summed E-state index contributed by atoms with van der Waals surface area (Å²) in [7, 11) is 3.85. The van der Waals surface area contributed by atoms with E-state index in [1.165, 1.54) is 0 Å². The minimum Gasteiger partial charge on any atom is -0.497 e. The van der Waals surface area contributed by atoms with Gasteiger partial charge >= 0.3 is 0 Å². The third-order valence-electron chi connectivity index (χ3n) is 4.97. The van der Waals surface area contributed by atoms with Gasteiger partial charge in [-0.1, -0.05) is 0 Å². The average molecular weight is 374 g/mol. The molecule has 0 bridgehead atoms. The first-order chi connectivity index (χ1) is 12.6. The summed E-state index contributed by atoms with van der Waals surface area (Å²) in [6.07, 6.45) is 3.91. The van der Waals surface area contributed by atoms with Crippen molar-refractivity contribution in [3.8, 4) is 5.75 Å². The second-order valence-corrected chi connectivity index (χ2v) is 7.24. The van der Waals surface area contributed by atoms with E-state index in [2.05, 4.69) is 29.1 Å². The first-order valence-electron chi connectivity index (χ1n) is 9.00. The van der Waals surface area contributed by atoms with Crippen molar-refractivity contribution in [3.05, 3.63) is 47.9 Å². The molecule has 0 aliphatic carbocycles.